The first-order valence-electron chi connectivity index (χ1n) is 6.34. The van der Waals surface area contributed by atoms with Gasteiger partial charge in [-0.2, -0.15) is 0 Å². The van der Waals surface area contributed by atoms with E-state index in [1.807, 2.05) is 31.2 Å². The molecule has 1 atom stereocenters. The van der Waals surface area contributed by atoms with Crippen molar-refractivity contribution in [3.63, 3.8) is 0 Å². The topological polar surface area (TPSA) is 38.7 Å². The van der Waals surface area contributed by atoms with Crippen LogP contribution in [0.3, 0.4) is 0 Å². The summed E-state index contributed by atoms with van der Waals surface area (Å²) in [7, 11) is 3.17. The van der Waals surface area contributed by atoms with E-state index in [1.165, 1.54) is 0 Å². The van der Waals surface area contributed by atoms with Crippen molar-refractivity contribution < 1.29 is 14.6 Å². The van der Waals surface area contributed by atoms with Gasteiger partial charge in [0.2, 0.25) is 0 Å². The van der Waals surface area contributed by atoms with E-state index in [0.29, 0.717) is 21.5 Å². The van der Waals surface area contributed by atoms with Crippen LogP contribution in [0.1, 0.15) is 22.8 Å². The molecule has 0 aliphatic carbocycles. The van der Waals surface area contributed by atoms with Gasteiger partial charge in [-0.3, -0.25) is 0 Å². The molecule has 0 aliphatic heterocycles. The molecule has 0 spiro atoms. The molecule has 1 unspecified atom stereocenters. The summed E-state index contributed by atoms with van der Waals surface area (Å²) < 4.78 is 12.4. The average Bonchev–Trinajstić information content (AvgIpc) is 2.46. The summed E-state index contributed by atoms with van der Waals surface area (Å²) in [5, 5.41) is 10.7. The Bertz CT molecular complexity index is 656. The highest BCUT2D eigenvalue weighted by Gasteiger charge is 2.21. The van der Waals surface area contributed by atoms with Crippen molar-refractivity contribution >= 4 is 31.9 Å². The Morgan fingerprint density at radius 2 is 1.67 bits per heavy atom. The number of methoxy groups -OCH3 is 2. The Kier molecular flexibility index (Phi) is 5.30. The zero-order valence-electron chi connectivity index (χ0n) is 12.0. The summed E-state index contributed by atoms with van der Waals surface area (Å²) in [6.45, 7) is 1.97. The van der Waals surface area contributed by atoms with Crippen molar-refractivity contribution in [2.24, 2.45) is 0 Å². The van der Waals surface area contributed by atoms with Crippen molar-refractivity contribution in [1.29, 1.82) is 0 Å². The minimum absolute atomic E-state index is 0.573. The second-order valence-electron chi connectivity index (χ2n) is 4.61. The fraction of sp³-hybridized carbons (Fsp3) is 0.250. The predicted octanol–water partition coefficient (Wildman–Crippen LogP) is 4.62. The van der Waals surface area contributed by atoms with Crippen molar-refractivity contribution in [2.75, 3.05) is 14.2 Å². The van der Waals surface area contributed by atoms with Crippen LogP contribution in [-0.2, 0) is 0 Å². The van der Waals surface area contributed by atoms with Crippen LogP contribution in [-0.4, -0.2) is 19.3 Å². The molecule has 21 heavy (non-hydrogen) atoms. The van der Waals surface area contributed by atoms with Crippen LogP contribution < -0.4 is 9.47 Å². The van der Waals surface area contributed by atoms with Crippen LogP contribution in [0.4, 0.5) is 0 Å². The summed E-state index contributed by atoms with van der Waals surface area (Å²) in [4.78, 5) is 0. The Balaban J connectivity index is 2.52. The lowest BCUT2D eigenvalue weighted by molar-refractivity contribution is 0.213. The first-order valence-corrected chi connectivity index (χ1v) is 7.92. The van der Waals surface area contributed by atoms with E-state index < -0.39 is 6.10 Å². The monoisotopic (exact) mass is 414 g/mol. The van der Waals surface area contributed by atoms with Gasteiger partial charge in [-0.15, -0.1) is 0 Å². The number of ether oxygens (including phenoxy) is 2. The SMILES string of the molecule is COc1ccc(C(O)c2ccc(Br)cc2C)c(OC)c1Br. The highest BCUT2D eigenvalue weighted by Crippen LogP contribution is 2.41. The Morgan fingerprint density at radius 1 is 1.00 bits per heavy atom. The van der Waals surface area contributed by atoms with Gasteiger partial charge in [-0.05, 0) is 58.2 Å². The van der Waals surface area contributed by atoms with Gasteiger partial charge in [0.15, 0.2) is 0 Å². The number of aliphatic hydroxyl groups is 1. The standard InChI is InChI=1S/C16H16Br2O3/c1-9-8-10(17)4-5-11(9)15(19)12-6-7-13(20-2)14(18)16(12)21-3/h4-8,15,19H,1-3H3. The van der Waals surface area contributed by atoms with Crippen LogP contribution >= 0.6 is 31.9 Å². The molecule has 1 N–H and O–H groups in total. The molecule has 0 saturated carbocycles. The van der Waals surface area contributed by atoms with Crippen molar-refractivity contribution in [3.8, 4) is 11.5 Å². The summed E-state index contributed by atoms with van der Waals surface area (Å²) in [6.07, 6.45) is -0.768. The van der Waals surface area contributed by atoms with E-state index >= 15 is 0 Å². The first-order chi connectivity index (χ1) is 9.99. The highest BCUT2D eigenvalue weighted by molar-refractivity contribution is 9.11. The normalized spacial score (nSPS) is 12.1. The molecule has 112 valence electrons. The van der Waals surface area contributed by atoms with E-state index in [1.54, 1.807) is 20.3 Å². The lowest BCUT2D eigenvalue weighted by atomic mass is 9.97. The Morgan fingerprint density at radius 3 is 2.24 bits per heavy atom. The molecule has 0 fully saturated rings. The van der Waals surface area contributed by atoms with Gasteiger partial charge < -0.3 is 14.6 Å². The summed E-state index contributed by atoms with van der Waals surface area (Å²) >= 11 is 6.88. The van der Waals surface area contributed by atoms with Gasteiger partial charge in [-0.1, -0.05) is 22.0 Å². The Labute approximate surface area is 141 Å². The van der Waals surface area contributed by atoms with Crippen LogP contribution in [0.15, 0.2) is 39.3 Å². The molecule has 0 saturated heterocycles. The van der Waals surface area contributed by atoms with E-state index in [9.17, 15) is 5.11 Å². The molecule has 0 aliphatic rings. The van der Waals surface area contributed by atoms with Crippen LogP contribution in [0.25, 0.3) is 0 Å². The van der Waals surface area contributed by atoms with Crippen molar-refractivity contribution in [1.82, 2.24) is 0 Å². The van der Waals surface area contributed by atoms with Crippen molar-refractivity contribution in [3.05, 3.63) is 56.0 Å². The molecule has 0 bridgehead atoms. The van der Waals surface area contributed by atoms with E-state index in [4.69, 9.17) is 9.47 Å². The number of aliphatic hydroxyl groups excluding tert-OH is 1. The number of benzene rings is 2. The minimum atomic E-state index is -0.768. The van der Waals surface area contributed by atoms with Gasteiger partial charge in [0.05, 0.1) is 14.2 Å². The van der Waals surface area contributed by atoms with Gasteiger partial charge >= 0.3 is 0 Å². The van der Waals surface area contributed by atoms with Crippen LogP contribution in [0.2, 0.25) is 0 Å². The average molecular weight is 416 g/mol. The molecule has 2 aromatic rings. The summed E-state index contributed by atoms with van der Waals surface area (Å²) in [5.41, 5.74) is 2.54. The zero-order chi connectivity index (χ0) is 15.6. The molecule has 2 rings (SSSR count). The molecule has 2 aromatic carbocycles. The molecule has 5 heteroatoms. The molecular formula is C16H16Br2O3. The predicted molar refractivity (Wildman–Crippen MR) is 90.2 cm³/mol. The maximum Gasteiger partial charge on any atom is 0.142 e. The molecule has 0 radical (unpaired) electrons. The third-order valence-electron chi connectivity index (χ3n) is 3.34. The maximum absolute atomic E-state index is 10.7. The molecule has 3 nitrogen and oxygen atoms in total. The first kappa shape index (κ1) is 16.3. The van der Waals surface area contributed by atoms with Gasteiger partial charge in [0, 0.05) is 10.0 Å². The number of hydrogen-bond acceptors (Lipinski definition) is 3. The number of aryl methyl sites for hydroxylation is 1. The van der Waals surface area contributed by atoms with Gasteiger partial charge in [0.1, 0.15) is 22.1 Å². The van der Waals surface area contributed by atoms with E-state index in [2.05, 4.69) is 31.9 Å². The van der Waals surface area contributed by atoms with Gasteiger partial charge in [-0.25, -0.2) is 0 Å². The number of rotatable bonds is 4. The number of hydrogen-bond donors (Lipinski definition) is 1. The smallest absolute Gasteiger partial charge is 0.142 e. The van der Waals surface area contributed by atoms with E-state index in [-0.39, 0.29) is 0 Å². The fourth-order valence-corrected chi connectivity index (χ4v) is 3.41. The molecule has 0 amide bonds. The molecule has 0 aromatic heterocycles. The maximum atomic E-state index is 10.7. The summed E-state index contributed by atoms with van der Waals surface area (Å²) in [5.74, 6) is 1.24. The number of halogens is 2. The zero-order valence-corrected chi connectivity index (χ0v) is 15.2. The summed E-state index contributed by atoms with van der Waals surface area (Å²) in [6, 6.07) is 9.41. The molecule has 0 heterocycles. The van der Waals surface area contributed by atoms with E-state index in [0.717, 1.165) is 15.6 Å². The largest absolute Gasteiger partial charge is 0.495 e. The van der Waals surface area contributed by atoms with Crippen LogP contribution in [0, 0.1) is 6.92 Å². The minimum Gasteiger partial charge on any atom is -0.495 e. The molecular weight excluding hydrogens is 400 g/mol. The third-order valence-corrected chi connectivity index (χ3v) is 4.58. The van der Waals surface area contributed by atoms with Crippen molar-refractivity contribution in [2.45, 2.75) is 13.0 Å². The quantitative estimate of drug-likeness (QED) is 0.791. The fourth-order valence-electron chi connectivity index (χ4n) is 2.25. The lowest BCUT2D eigenvalue weighted by Crippen LogP contribution is -2.05. The van der Waals surface area contributed by atoms with Gasteiger partial charge in [0.25, 0.3) is 0 Å². The lowest BCUT2D eigenvalue weighted by Gasteiger charge is -2.19. The third kappa shape index (κ3) is 3.25. The van der Waals surface area contributed by atoms with Crippen LogP contribution in [0.5, 0.6) is 11.5 Å². The highest BCUT2D eigenvalue weighted by atomic mass is 79.9. The Hall–Kier alpha value is -1.04. The second kappa shape index (κ2) is 6.81. The second-order valence-corrected chi connectivity index (χ2v) is 6.32.